The van der Waals surface area contributed by atoms with Crippen molar-refractivity contribution in [2.45, 2.75) is 134 Å². The molecule has 2 aromatic carbocycles. The first-order valence-electron chi connectivity index (χ1n) is 21.3. The Balaban J connectivity index is 1.23. The number of allylic oxidation sites excluding steroid dienone is 1. The van der Waals surface area contributed by atoms with E-state index in [1.54, 1.807) is 6.07 Å². The number of aryl methyl sites for hydroxylation is 1. The fourth-order valence-electron chi connectivity index (χ4n) is 9.44. The van der Waals surface area contributed by atoms with Gasteiger partial charge in [-0.15, -0.1) is 0 Å². The van der Waals surface area contributed by atoms with Gasteiger partial charge in [-0.2, -0.15) is 0 Å². The summed E-state index contributed by atoms with van der Waals surface area (Å²) in [7, 11) is 0. The number of hydrogen-bond donors (Lipinski definition) is 7. The van der Waals surface area contributed by atoms with Gasteiger partial charge in [0.05, 0.1) is 29.4 Å². The van der Waals surface area contributed by atoms with Gasteiger partial charge < -0.3 is 41.4 Å². The van der Waals surface area contributed by atoms with Gasteiger partial charge in [-0.25, -0.2) is 0 Å². The average Bonchev–Trinajstić information content (AvgIpc) is 3.94. The number of nitrogens with zero attached hydrogens (tertiary/aromatic N) is 1. The third-order valence-corrected chi connectivity index (χ3v) is 12.7. The van der Waals surface area contributed by atoms with Crippen LogP contribution in [0.5, 0.6) is 17.2 Å². The molecule has 4 aliphatic heterocycles. The summed E-state index contributed by atoms with van der Waals surface area (Å²) in [6.45, 7) is 4.63. The summed E-state index contributed by atoms with van der Waals surface area (Å²) in [5, 5.41) is 44.6. The maximum atomic E-state index is 13.8. The van der Waals surface area contributed by atoms with E-state index in [-0.39, 0.29) is 36.5 Å². The van der Waals surface area contributed by atoms with E-state index in [2.05, 4.69) is 37.0 Å². The second-order valence-electron chi connectivity index (χ2n) is 16.8. The monoisotopic (exact) mass is 791 g/mol. The van der Waals surface area contributed by atoms with Crippen LogP contribution in [-0.2, 0) is 17.6 Å². The minimum Gasteiger partial charge on any atom is -0.508 e. The first-order valence-corrected chi connectivity index (χ1v) is 21.3. The fraction of sp³-hybridized carbons (Fsp3) is 0.532. The maximum Gasteiger partial charge on any atom is 0.252 e. The number of aliphatic imine (C=N–C) groups is 1. The third kappa shape index (κ3) is 8.91. The molecule has 5 aliphatic rings. The summed E-state index contributed by atoms with van der Waals surface area (Å²) in [6.07, 6.45) is 12.2. The van der Waals surface area contributed by atoms with E-state index in [0.717, 1.165) is 84.3 Å². The van der Waals surface area contributed by atoms with Crippen LogP contribution in [0.3, 0.4) is 0 Å². The summed E-state index contributed by atoms with van der Waals surface area (Å²) < 4.78 is 13.2. The number of carbonyl (C=O) groups excluding carboxylic acids is 1. The highest BCUT2D eigenvalue weighted by molar-refractivity contribution is 6.08. The Morgan fingerprint density at radius 2 is 1.86 bits per heavy atom. The van der Waals surface area contributed by atoms with Crippen molar-refractivity contribution in [3.63, 3.8) is 0 Å². The van der Waals surface area contributed by atoms with E-state index in [4.69, 9.17) is 25.9 Å². The lowest BCUT2D eigenvalue weighted by Crippen LogP contribution is -3.13. The van der Waals surface area contributed by atoms with Gasteiger partial charge in [0.1, 0.15) is 48.1 Å². The Labute approximate surface area is 342 Å². The van der Waals surface area contributed by atoms with Crippen molar-refractivity contribution in [3.8, 4) is 41.1 Å². The van der Waals surface area contributed by atoms with E-state index in [1.165, 1.54) is 6.07 Å². The number of phenols is 1. The number of nitrogens with two attached hydrogens (primary N) is 2. The molecule has 0 saturated heterocycles. The maximum absolute atomic E-state index is 13.8. The number of benzene rings is 2. The zero-order valence-electron chi connectivity index (χ0n) is 33.8. The summed E-state index contributed by atoms with van der Waals surface area (Å²) in [6, 6.07) is 8.88. The van der Waals surface area contributed by atoms with Crippen LogP contribution in [-0.4, -0.2) is 56.9 Å². The summed E-state index contributed by atoms with van der Waals surface area (Å²) in [5.41, 5.74) is 17.4. The molecule has 58 heavy (non-hydrogen) atoms. The fourth-order valence-corrected chi connectivity index (χ4v) is 9.44. The lowest BCUT2D eigenvalue weighted by molar-refractivity contribution is -0.888. The zero-order valence-corrected chi connectivity index (χ0v) is 33.8. The number of phenolic OH excluding ortho intramolecular Hbond substituents is 1. The molecule has 11 heteroatoms. The molecular formula is C47H59N4O7+. The number of aliphatic hydroxyl groups excluding tert-OH is 3. The largest absolute Gasteiger partial charge is 0.508 e. The molecule has 1 spiro atoms. The molecule has 308 valence electrons. The van der Waals surface area contributed by atoms with Crippen molar-refractivity contribution >= 4 is 11.5 Å². The minimum atomic E-state index is -1.10. The molecule has 2 aromatic rings. The number of aliphatic hydroxyl groups is 3. The van der Waals surface area contributed by atoms with Gasteiger partial charge in [-0.05, 0) is 72.4 Å². The number of ketones is 1. The number of ether oxygens (including phenoxy) is 2. The Kier molecular flexibility index (Phi) is 13.1. The Bertz CT molecular complexity index is 2080. The Morgan fingerprint density at radius 1 is 1.05 bits per heavy atom. The van der Waals surface area contributed by atoms with Gasteiger partial charge in [0.2, 0.25) is 0 Å². The second kappa shape index (κ2) is 18.2. The topological polar surface area (TPSA) is 185 Å². The van der Waals surface area contributed by atoms with E-state index >= 15 is 0 Å². The van der Waals surface area contributed by atoms with Crippen molar-refractivity contribution in [1.29, 1.82) is 0 Å². The molecule has 7 unspecified atom stereocenters. The smallest absolute Gasteiger partial charge is 0.252 e. The molecule has 1 aliphatic carbocycles. The number of Topliss-reactive ketones (excluding diaryl/α,β-unsaturated/α-hetero) is 1. The van der Waals surface area contributed by atoms with Crippen LogP contribution in [0, 0.1) is 41.1 Å². The zero-order chi connectivity index (χ0) is 41.0. The molecule has 7 rings (SSSR count). The molecule has 1 saturated carbocycles. The molecule has 2 bridgehead atoms. The molecule has 0 aromatic heterocycles. The number of rotatable bonds is 14. The third-order valence-electron chi connectivity index (χ3n) is 12.7. The van der Waals surface area contributed by atoms with Gasteiger partial charge >= 0.3 is 0 Å². The molecule has 1 fully saturated rings. The highest BCUT2D eigenvalue weighted by Gasteiger charge is 2.51. The molecule has 7 atom stereocenters. The molecular weight excluding hydrogens is 733 g/mol. The number of unbranched alkanes of at least 4 members (excludes halogenated alkanes) is 2. The summed E-state index contributed by atoms with van der Waals surface area (Å²) in [5.74, 6) is 9.63. The van der Waals surface area contributed by atoms with Crippen LogP contribution in [0.2, 0.25) is 0 Å². The standard InChI is InChI=1S/C47H58N4O7/c1-3-5-6-10-35(42(56)24-33(52)9-4-2)40(54)15-12-29-23-44-43(25-41(29)55)57-20-19-47(17-7-8-18-47)37-14-16-39(53)34-13-11-30(45(48)49)21-31(34)22-32-26-50-38-28-51(27-36(32)38)46(37)58-44/h11,13,21,23,25-27,33,35,37,39,42,45-46,52-53,55-56H,3-10,12,15,17-18,22,24,28,48-49H2,1-2H3/p+1. The van der Waals surface area contributed by atoms with Gasteiger partial charge in [0, 0.05) is 31.0 Å². The van der Waals surface area contributed by atoms with Crippen LogP contribution < -0.4 is 25.8 Å². The number of quaternary nitrogens is 1. The van der Waals surface area contributed by atoms with E-state index in [9.17, 15) is 25.2 Å². The highest BCUT2D eigenvalue weighted by atomic mass is 16.5. The second-order valence-corrected chi connectivity index (χ2v) is 16.8. The SMILES string of the molecule is CCCCCC(C(=O)CCc1cc2c(cc1O)OC#CC1(CCCC1)C1C#CC(O)c3ccc(C(N)N)cc3CC3=CN=C4C[NH+](C=C34)C1O2)C(O)CC(O)CCC. The average molecular weight is 792 g/mol. The number of aromatic hydroxyl groups is 1. The van der Waals surface area contributed by atoms with Gasteiger partial charge in [-0.1, -0.05) is 88.3 Å². The molecule has 4 heterocycles. The Morgan fingerprint density at radius 3 is 2.62 bits per heavy atom. The van der Waals surface area contributed by atoms with Crippen LogP contribution in [0.15, 0.2) is 58.9 Å². The lowest BCUT2D eigenvalue weighted by Gasteiger charge is -2.36. The highest BCUT2D eigenvalue weighted by Crippen LogP contribution is 2.47. The molecule has 9 N–H and O–H groups in total. The van der Waals surface area contributed by atoms with Crippen LogP contribution in [0.4, 0.5) is 0 Å². The lowest BCUT2D eigenvalue weighted by atomic mass is 9.73. The van der Waals surface area contributed by atoms with Crippen molar-refractivity contribution in [3.05, 3.63) is 76.1 Å². The predicted molar refractivity (Wildman–Crippen MR) is 221 cm³/mol. The van der Waals surface area contributed by atoms with E-state index in [1.807, 2.05) is 31.3 Å². The molecule has 11 nitrogen and oxygen atoms in total. The van der Waals surface area contributed by atoms with Gasteiger partial charge in [0.15, 0.2) is 11.5 Å². The van der Waals surface area contributed by atoms with Crippen LogP contribution >= 0.6 is 0 Å². The number of fused-ring (bicyclic) bond motifs is 6. The van der Waals surface area contributed by atoms with E-state index in [0.29, 0.717) is 42.7 Å². The van der Waals surface area contributed by atoms with Gasteiger partial charge in [-0.3, -0.25) is 14.7 Å². The first-order chi connectivity index (χ1) is 28.0. The predicted octanol–water partition coefficient (Wildman–Crippen LogP) is 4.57. The van der Waals surface area contributed by atoms with Crippen molar-refractivity contribution in [2.75, 3.05) is 6.54 Å². The quantitative estimate of drug-likeness (QED) is 0.0819. The minimum absolute atomic E-state index is 0.0434. The molecule has 0 radical (unpaired) electrons. The number of hydrogen-bond acceptors (Lipinski definition) is 10. The molecule has 0 amide bonds. The Hall–Kier alpha value is -4.46. The normalized spacial score (nSPS) is 24.1. The van der Waals surface area contributed by atoms with Crippen molar-refractivity contribution in [2.24, 2.45) is 33.7 Å². The summed E-state index contributed by atoms with van der Waals surface area (Å²) in [4.78, 5) is 19.6. The van der Waals surface area contributed by atoms with Gasteiger partial charge in [0.25, 0.3) is 6.23 Å². The first kappa shape index (κ1) is 41.7. The van der Waals surface area contributed by atoms with Crippen molar-refractivity contribution in [1.82, 2.24) is 0 Å². The van der Waals surface area contributed by atoms with Crippen LogP contribution in [0.25, 0.3) is 0 Å². The van der Waals surface area contributed by atoms with Crippen molar-refractivity contribution < 1.29 is 39.6 Å². The van der Waals surface area contributed by atoms with Crippen LogP contribution in [0.1, 0.15) is 125 Å². The van der Waals surface area contributed by atoms with E-state index < -0.39 is 48.0 Å². The number of carbonyl (C=O) groups is 1. The number of nitrogens with one attached hydrogen (secondary N) is 1. The summed E-state index contributed by atoms with van der Waals surface area (Å²) >= 11 is 0.